The zero-order valence-corrected chi connectivity index (χ0v) is 10.1. The number of H-pyrrole nitrogens is 1. The molecule has 3 rings (SSSR count). The van der Waals surface area contributed by atoms with Gasteiger partial charge in [0, 0.05) is 11.1 Å². The molecule has 0 unspecified atom stereocenters. The van der Waals surface area contributed by atoms with Gasteiger partial charge in [-0.3, -0.25) is 4.79 Å². The van der Waals surface area contributed by atoms with Crippen molar-refractivity contribution in [3.8, 4) is 23.7 Å². The lowest BCUT2D eigenvalue weighted by atomic mass is 10.1. The molecule has 90 valence electrons. The molecule has 19 heavy (non-hydrogen) atoms. The Kier molecular flexibility index (Phi) is 2.62. The average Bonchev–Trinajstić information content (AvgIpc) is 2.47. The van der Waals surface area contributed by atoms with E-state index in [1.807, 2.05) is 42.5 Å². The van der Waals surface area contributed by atoms with Gasteiger partial charge in [-0.25, -0.2) is 4.98 Å². The molecular formula is C16H10N2O. The number of terminal acetylenes is 1. The summed E-state index contributed by atoms with van der Waals surface area (Å²) < 4.78 is 0. The van der Waals surface area contributed by atoms with Gasteiger partial charge in [-0.15, -0.1) is 6.42 Å². The van der Waals surface area contributed by atoms with Gasteiger partial charge < -0.3 is 4.98 Å². The summed E-state index contributed by atoms with van der Waals surface area (Å²) in [5.41, 5.74) is 2.18. The average molecular weight is 246 g/mol. The Balaban J connectivity index is 2.20. The van der Waals surface area contributed by atoms with Crippen molar-refractivity contribution in [1.29, 1.82) is 0 Å². The second-order valence-corrected chi connectivity index (χ2v) is 4.15. The molecule has 0 fully saturated rings. The van der Waals surface area contributed by atoms with Gasteiger partial charge in [0.25, 0.3) is 5.56 Å². The zero-order chi connectivity index (χ0) is 13.2. The lowest BCUT2D eigenvalue weighted by Crippen LogP contribution is -2.09. The monoisotopic (exact) mass is 246 g/mol. The van der Waals surface area contributed by atoms with Crippen LogP contribution in [0.2, 0.25) is 0 Å². The van der Waals surface area contributed by atoms with Crippen LogP contribution in [-0.2, 0) is 0 Å². The maximum Gasteiger partial charge on any atom is 0.259 e. The van der Waals surface area contributed by atoms with E-state index >= 15 is 0 Å². The SMILES string of the molecule is C#Cc1ccc(-c2nc3ccccc3c(=O)[nH]2)cc1. The topological polar surface area (TPSA) is 45.8 Å². The molecule has 0 saturated heterocycles. The number of fused-ring (bicyclic) bond motifs is 1. The van der Waals surface area contributed by atoms with Crippen LogP contribution in [0.5, 0.6) is 0 Å². The van der Waals surface area contributed by atoms with E-state index in [1.165, 1.54) is 0 Å². The molecule has 2 aromatic carbocycles. The minimum absolute atomic E-state index is 0.137. The van der Waals surface area contributed by atoms with E-state index in [0.717, 1.165) is 11.1 Å². The van der Waals surface area contributed by atoms with Crippen molar-refractivity contribution in [2.45, 2.75) is 0 Å². The Labute approximate surface area is 110 Å². The molecule has 0 bridgehead atoms. The van der Waals surface area contributed by atoms with E-state index in [2.05, 4.69) is 15.9 Å². The highest BCUT2D eigenvalue weighted by Gasteiger charge is 2.04. The molecule has 0 atom stereocenters. The summed E-state index contributed by atoms with van der Waals surface area (Å²) in [7, 11) is 0. The predicted octanol–water partition coefficient (Wildman–Crippen LogP) is 2.57. The van der Waals surface area contributed by atoms with Crippen LogP contribution >= 0.6 is 0 Å². The fourth-order valence-corrected chi connectivity index (χ4v) is 1.95. The third kappa shape index (κ3) is 2.00. The summed E-state index contributed by atoms with van der Waals surface area (Å²) in [4.78, 5) is 19.2. The molecule has 3 heteroatoms. The molecule has 0 aliphatic heterocycles. The van der Waals surface area contributed by atoms with E-state index in [-0.39, 0.29) is 5.56 Å². The first kappa shape index (κ1) is 11.2. The van der Waals surface area contributed by atoms with Gasteiger partial charge in [0.05, 0.1) is 10.9 Å². The summed E-state index contributed by atoms with van der Waals surface area (Å²) in [6, 6.07) is 14.6. The molecule has 1 N–H and O–H groups in total. The summed E-state index contributed by atoms with van der Waals surface area (Å²) in [6.45, 7) is 0. The third-order valence-electron chi connectivity index (χ3n) is 2.94. The number of hydrogen-bond acceptors (Lipinski definition) is 2. The van der Waals surface area contributed by atoms with Crippen LogP contribution in [0.3, 0.4) is 0 Å². The molecule has 1 aromatic heterocycles. The Morgan fingerprint density at radius 1 is 1.05 bits per heavy atom. The lowest BCUT2D eigenvalue weighted by Gasteiger charge is -2.03. The Bertz CT molecular complexity index is 839. The third-order valence-corrected chi connectivity index (χ3v) is 2.94. The van der Waals surface area contributed by atoms with Gasteiger partial charge in [0.15, 0.2) is 0 Å². The van der Waals surface area contributed by atoms with E-state index in [4.69, 9.17) is 6.42 Å². The van der Waals surface area contributed by atoms with Gasteiger partial charge in [-0.1, -0.05) is 30.2 Å². The van der Waals surface area contributed by atoms with Gasteiger partial charge in [0.1, 0.15) is 5.82 Å². The van der Waals surface area contributed by atoms with Crippen LogP contribution in [-0.4, -0.2) is 9.97 Å². The largest absolute Gasteiger partial charge is 0.306 e. The van der Waals surface area contributed by atoms with Gasteiger partial charge >= 0.3 is 0 Å². The molecule has 0 aliphatic rings. The van der Waals surface area contributed by atoms with E-state index in [0.29, 0.717) is 16.7 Å². The number of hydrogen-bond donors (Lipinski definition) is 1. The number of rotatable bonds is 1. The van der Waals surface area contributed by atoms with Gasteiger partial charge in [-0.05, 0) is 24.3 Å². The Morgan fingerprint density at radius 3 is 2.53 bits per heavy atom. The summed E-state index contributed by atoms with van der Waals surface area (Å²) in [5.74, 6) is 3.10. The predicted molar refractivity (Wildman–Crippen MR) is 75.7 cm³/mol. The lowest BCUT2D eigenvalue weighted by molar-refractivity contribution is 1.18. The van der Waals surface area contributed by atoms with Crippen LogP contribution in [0.15, 0.2) is 53.3 Å². The highest BCUT2D eigenvalue weighted by Crippen LogP contribution is 2.16. The molecule has 0 aliphatic carbocycles. The quantitative estimate of drug-likeness (QED) is 0.671. The number of benzene rings is 2. The maximum absolute atomic E-state index is 12.0. The summed E-state index contributed by atoms with van der Waals surface area (Å²) in [6.07, 6.45) is 5.31. The molecule has 0 saturated carbocycles. The van der Waals surface area contributed by atoms with Crippen molar-refractivity contribution in [2.75, 3.05) is 0 Å². The number of aromatic nitrogens is 2. The standard InChI is InChI=1S/C16H10N2O/c1-2-11-7-9-12(10-8-11)15-17-14-6-4-3-5-13(14)16(19)18-15/h1,3-10H,(H,17,18,19). The van der Waals surface area contributed by atoms with Gasteiger partial charge in [0.2, 0.25) is 0 Å². The normalized spacial score (nSPS) is 10.3. The van der Waals surface area contributed by atoms with Crippen molar-refractivity contribution >= 4 is 10.9 Å². The molecule has 0 radical (unpaired) electrons. The maximum atomic E-state index is 12.0. The molecule has 0 amide bonds. The van der Waals surface area contributed by atoms with Crippen molar-refractivity contribution in [3.05, 3.63) is 64.4 Å². The van der Waals surface area contributed by atoms with Gasteiger partial charge in [-0.2, -0.15) is 0 Å². The van der Waals surface area contributed by atoms with Crippen LogP contribution in [0.4, 0.5) is 0 Å². The van der Waals surface area contributed by atoms with Crippen LogP contribution in [0, 0.1) is 12.3 Å². The first-order valence-electron chi connectivity index (χ1n) is 5.84. The van der Waals surface area contributed by atoms with Crippen molar-refractivity contribution in [3.63, 3.8) is 0 Å². The van der Waals surface area contributed by atoms with E-state index in [9.17, 15) is 4.79 Å². The van der Waals surface area contributed by atoms with Crippen molar-refractivity contribution < 1.29 is 0 Å². The number of nitrogens with one attached hydrogen (secondary N) is 1. The van der Waals surface area contributed by atoms with Crippen LogP contribution in [0.25, 0.3) is 22.3 Å². The Morgan fingerprint density at radius 2 is 1.79 bits per heavy atom. The minimum atomic E-state index is -0.137. The highest BCUT2D eigenvalue weighted by molar-refractivity contribution is 5.79. The van der Waals surface area contributed by atoms with E-state index < -0.39 is 0 Å². The summed E-state index contributed by atoms with van der Waals surface area (Å²) >= 11 is 0. The second-order valence-electron chi connectivity index (χ2n) is 4.15. The molecule has 1 heterocycles. The molecule has 3 nitrogen and oxygen atoms in total. The van der Waals surface area contributed by atoms with Crippen LogP contribution < -0.4 is 5.56 Å². The Hall–Kier alpha value is -2.86. The second kappa shape index (κ2) is 4.43. The molecule has 3 aromatic rings. The number of aromatic amines is 1. The van der Waals surface area contributed by atoms with Crippen molar-refractivity contribution in [1.82, 2.24) is 9.97 Å². The van der Waals surface area contributed by atoms with Crippen molar-refractivity contribution in [2.24, 2.45) is 0 Å². The highest BCUT2D eigenvalue weighted by atomic mass is 16.1. The first-order chi connectivity index (χ1) is 9.28. The fraction of sp³-hybridized carbons (Fsp3) is 0. The zero-order valence-electron chi connectivity index (χ0n) is 10.1. The smallest absolute Gasteiger partial charge is 0.259 e. The first-order valence-corrected chi connectivity index (χ1v) is 5.84. The molecule has 0 spiro atoms. The summed E-state index contributed by atoms with van der Waals surface area (Å²) in [5, 5.41) is 0.589. The molecular weight excluding hydrogens is 236 g/mol. The fourth-order valence-electron chi connectivity index (χ4n) is 1.95. The van der Waals surface area contributed by atoms with E-state index in [1.54, 1.807) is 6.07 Å². The minimum Gasteiger partial charge on any atom is -0.306 e. The van der Waals surface area contributed by atoms with Crippen LogP contribution in [0.1, 0.15) is 5.56 Å². The number of para-hydroxylation sites is 1. The number of nitrogens with zero attached hydrogens (tertiary/aromatic N) is 1.